The lowest BCUT2D eigenvalue weighted by Gasteiger charge is -2.17. The molecule has 2 aromatic carbocycles. The summed E-state index contributed by atoms with van der Waals surface area (Å²) < 4.78 is 1.65. The van der Waals surface area contributed by atoms with Crippen molar-refractivity contribution < 1.29 is 0 Å². The van der Waals surface area contributed by atoms with Crippen LogP contribution in [0.1, 0.15) is 28.8 Å². The molecule has 3 N–H and O–H groups in total. The van der Waals surface area contributed by atoms with E-state index in [1.807, 2.05) is 68.4 Å². The van der Waals surface area contributed by atoms with Crippen LogP contribution < -0.4 is 11.1 Å². The van der Waals surface area contributed by atoms with Crippen molar-refractivity contribution in [1.29, 1.82) is 5.26 Å². The fraction of sp³-hybridized carbons (Fsp3) is 0.292. The molecule has 7 nitrogen and oxygen atoms in total. The van der Waals surface area contributed by atoms with Gasteiger partial charge < -0.3 is 16.0 Å². The molecule has 1 heterocycles. The molecule has 0 unspecified atom stereocenters. The lowest BCUT2D eigenvalue weighted by atomic mass is 10.1. The maximum atomic E-state index is 9.57. The van der Waals surface area contributed by atoms with Gasteiger partial charge in [0, 0.05) is 20.6 Å². The number of aliphatic imine (C=N–C) groups is 1. The van der Waals surface area contributed by atoms with Gasteiger partial charge in [-0.05, 0) is 37.5 Å². The second-order valence-corrected chi connectivity index (χ2v) is 7.62. The van der Waals surface area contributed by atoms with Crippen LogP contribution >= 0.6 is 24.0 Å². The quantitative estimate of drug-likeness (QED) is 0.204. The Bertz CT molecular complexity index is 1060. The summed E-state index contributed by atoms with van der Waals surface area (Å²) in [5.74, 6) is 1.21. The van der Waals surface area contributed by atoms with E-state index in [2.05, 4.69) is 33.6 Å². The molecule has 3 aromatic rings. The fourth-order valence-corrected chi connectivity index (χ4v) is 3.22. The van der Waals surface area contributed by atoms with Crippen LogP contribution in [-0.2, 0) is 13.0 Å². The van der Waals surface area contributed by atoms with Crippen molar-refractivity contribution in [2.75, 3.05) is 26.4 Å². The molecule has 0 aliphatic rings. The second-order valence-electron chi connectivity index (χ2n) is 7.62. The number of hydrogen-bond donors (Lipinski definition) is 2. The van der Waals surface area contributed by atoms with E-state index < -0.39 is 0 Å². The van der Waals surface area contributed by atoms with Gasteiger partial charge >= 0.3 is 0 Å². The molecule has 8 heteroatoms. The normalized spacial score (nSPS) is 10.9. The summed E-state index contributed by atoms with van der Waals surface area (Å²) >= 11 is 0. The number of nitrogens with one attached hydrogen (secondary N) is 1. The van der Waals surface area contributed by atoms with Crippen molar-refractivity contribution in [3.05, 3.63) is 77.0 Å². The third-order valence-corrected chi connectivity index (χ3v) is 4.94. The molecule has 0 bridgehead atoms. The van der Waals surface area contributed by atoms with Crippen LogP contribution in [0.2, 0.25) is 0 Å². The monoisotopic (exact) mass is 543 g/mol. The average Bonchev–Trinajstić information content (AvgIpc) is 3.09. The van der Waals surface area contributed by atoms with E-state index in [1.54, 1.807) is 4.68 Å². The number of nitrogens with zero attached hydrogens (tertiary/aromatic N) is 5. The van der Waals surface area contributed by atoms with Crippen molar-refractivity contribution in [1.82, 2.24) is 20.0 Å². The molecular formula is C24H30IN7. The summed E-state index contributed by atoms with van der Waals surface area (Å²) in [6.45, 7) is 3.37. The summed E-state index contributed by atoms with van der Waals surface area (Å²) in [5.41, 5.74) is 10.6. The summed E-state index contributed by atoms with van der Waals surface area (Å²) in [5, 5.41) is 17.6. The van der Waals surface area contributed by atoms with Gasteiger partial charge in [-0.1, -0.05) is 48.0 Å². The Labute approximate surface area is 207 Å². The van der Waals surface area contributed by atoms with Gasteiger partial charge in [-0.2, -0.15) is 10.4 Å². The second kappa shape index (κ2) is 12.1. The predicted octanol–water partition coefficient (Wildman–Crippen LogP) is 3.89. The van der Waals surface area contributed by atoms with E-state index in [9.17, 15) is 5.26 Å². The van der Waals surface area contributed by atoms with E-state index in [0.29, 0.717) is 30.9 Å². The third-order valence-electron chi connectivity index (χ3n) is 4.94. The van der Waals surface area contributed by atoms with Gasteiger partial charge in [-0.15, -0.1) is 24.0 Å². The van der Waals surface area contributed by atoms with Crippen LogP contribution in [-0.4, -0.2) is 41.3 Å². The molecule has 0 radical (unpaired) electrons. The zero-order chi connectivity index (χ0) is 22.2. The van der Waals surface area contributed by atoms with Crippen molar-refractivity contribution in [3.63, 3.8) is 0 Å². The number of anilines is 1. The van der Waals surface area contributed by atoms with Gasteiger partial charge in [-0.3, -0.25) is 0 Å². The average molecular weight is 543 g/mol. The van der Waals surface area contributed by atoms with Crippen molar-refractivity contribution in [3.8, 4) is 11.8 Å². The molecule has 0 spiro atoms. The summed E-state index contributed by atoms with van der Waals surface area (Å²) in [4.78, 5) is 6.64. The molecular weight excluding hydrogens is 513 g/mol. The number of nitrogens with two attached hydrogens (primary N) is 1. The first kappa shape index (κ1) is 25.2. The Hall–Kier alpha value is -3.06. The number of aryl methyl sites for hydroxylation is 2. The molecule has 0 aliphatic carbocycles. The highest BCUT2D eigenvalue weighted by Gasteiger charge is 2.16. The summed E-state index contributed by atoms with van der Waals surface area (Å²) in [7, 11) is 3.93. The largest absolute Gasteiger partial charge is 0.382 e. The molecule has 32 heavy (non-hydrogen) atoms. The van der Waals surface area contributed by atoms with E-state index in [-0.39, 0.29) is 24.0 Å². The number of guanidine groups is 1. The first-order chi connectivity index (χ1) is 15.0. The molecule has 168 valence electrons. The Morgan fingerprint density at radius 2 is 1.84 bits per heavy atom. The van der Waals surface area contributed by atoms with Crippen LogP contribution in [0.25, 0.3) is 5.69 Å². The smallest absolute Gasteiger partial charge is 0.193 e. The molecule has 0 fully saturated rings. The zero-order valence-corrected chi connectivity index (χ0v) is 21.1. The lowest BCUT2D eigenvalue weighted by molar-refractivity contribution is 0.573. The number of aromatic nitrogens is 2. The molecule has 1 aromatic heterocycles. The number of benzene rings is 2. The maximum absolute atomic E-state index is 9.57. The number of hydrogen-bond acceptors (Lipinski definition) is 4. The predicted molar refractivity (Wildman–Crippen MR) is 140 cm³/mol. The highest BCUT2D eigenvalue weighted by molar-refractivity contribution is 14.0. The Morgan fingerprint density at radius 3 is 2.47 bits per heavy atom. The van der Waals surface area contributed by atoms with Crippen LogP contribution in [0.4, 0.5) is 5.82 Å². The molecule has 3 rings (SSSR count). The minimum atomic E-state index is 0. The van der Waals surface area contributed by atoms with E-state index >= 15 is 0 Å². The minimum absolute atomic E-state index is 0. The fourth-order valence-electron chi connectivity index (χ4n) is 3.22. The molecule has 0 saturated heterocycles. The van der Waals surface area contributed by atoms with Gasteiger partial charge in [0.1, 0.15) is 17.5 Å². The minimum Gasteiger partial charge on any atom is -0.382 e. The van der Waals surface area contributed by atoms with Crippen molar-refractivity contribution >= 4 is 35.8 Å². The van der Waals surface area contributed by atoms with Crippen LogP contribution in [0, 0.1) is 18.3 Å². The molecule has 0 amide bonds. The van der Waals surface area contributed by atoms with E-state index in [0.717, 1.165) is 29.3 Å². The van der Waals surface area contributed by atoms with Crippen LogP contribution in [0.5, 0.6) is 0 Å². The number of rotatable bonds is 7. The Balaban J connectivity index is 0.00000363. The number of halogens is 1. The van der Waals surface area contributed by atoms with Gasteiger partial charge in [0.05, 0.1) is 17.9 Å². The SMILES string of the molecule is Cc1ccc(-n2nc(CCCNC(=NCc3ccccc3)N(C)C)c(C#N)c2N)cc1.I. The van der Waals surface area contributed by atoms with Crippen molar-refractivity contribution in [2.24, 2.45) is 4.99 Å². The Morgan fingerprint density at radius 1 is 1.16 bits per heavy atom. The summed E-state index contributed by atoms with van der Waals surface area (Å²) in [6.07, 6.45) is 1.45. The van der Waals surface area contributed by atoms with Crippen LogP contribution in [0.3, 0.4) is 0 Å². The first-order valence-corrected chi connectivity index (χ1v) is 10.3. The molecule has 0 aliphatic heterocycles. The first-order valence-electron chi connectivity index (χ1n) is 10.3. The van der Waals surface area contributed by atoms with Gasteiger partial charge in [0.25, 0.3) is 0 Å². The van der Waals surface area contributed by atoms with Gasteiger partial charge in [-0.25, -0.2) is 9.67 Å². The van der Waals surface area contributed by atoms with E-state index in [4.69, 9.17) is 5.73 Å². The third kappa shape index (κ3) is 6.47. The van der Waals surface area contributed by atoms with Gasteiger partial charge in [0.15, 0.2) is 5.96 Å². The van der Waals surface area contributed by atoms with Gasteiger partial charge in [0.2, 0.25) is 0 Å². The van der Waals surface area contributed by atoms with E-state index in [1.165, 1.54) is 5.56 Å². The maximum Gasteiger partial charge on any atom is 0.193 e. The van der Waals surface area contributed by atoms with Crippen LogP contribution in [0.15, 0.2) is 59.6 Å². The standard InChI is InChI=1S/C24H29N7.HI/c1-18-11-13-20(14-12-18)31-23(26)21(16-25)22(29-31)10-7-15-27-24(30(2)3)28-17-19-8-5-4-6-9-19;/h4-6,8-9,11-14H,7,10,15,17,26H2,1-3H3,(H,27,28);1H. The highest BCUT2D eigenvalue weighted by atomic mass is 127. The number of nitrogen functional groups attached to an aromatic ring is 1. The highest BCUT2D eigenvalue weighted by Crippen LogP contribution is 2.21. The zero-order valence-electron chi connectivity index (χ0n) is 18.7. The number of nitriles is 1. The molecule has 0 atom stereocenters. The molecule has 0 saturated carbocycles. The van der Waals surface area contributed by atoms with Crippen molar-refractivity contribution in [2.45, 2.75) is 26.3 Å². The summed E-state index contributed by atoms with van der Waals surface area (Å²) in [6, 6.07) is 20.3. The lowest BCUT2D eigenvalue weighted by Crippen LogP contribution is -2.37. The Kier molecular flexibility index (Phi) is 9.53. The topological polar surface area (TPSA) is 95.3 Å².